The zero-order chi connectivity index (χ0) is 29.5. The summed E-state index contributed by atoms with van der Waals surface area (Å²) >= 11 is 0. The number of nitrogens with zero attached hydrogens (tertiary/aromatic N) is 2. The summed E-state index contributed by atoms with van der Waals surface area (Å²) in [6.45, 7) is 9.48. The van der Waals surface area contributed by atoms with Crippen LogP contribution in [0.1, 0.15) is 220 Å². The summed E-state index contributed by atoms with van der Waals surface area (Å²) in [5.74, 6) is 0. The highest BCUT2D eigenvalue weighted by Crippen LogP contribution is 2.24. The molecule has 0 aromatic heterocycles. The largest absolute Gasteiger partial charge is 0.356 e. The highest BCUT2D eigenvalue weighted by Gasteiger charge is 2.24. The van der Waals surface area contributed by atoms with Crippen LogP contribution in [0.3, 0.4) is 0 Å². The second-order valence-electron chi connectivity index (χ2n) is 13.6. The Balaban J connectivity index is 2.17. The van der Waals surface area contributed by atoms with Crippen molar-refractivity contribution in [3.63, 3.8) is 0 Å². The molecule has 2 nitrogen and oxygen atoms in total. The molecule has 0 saturated heterocycles. The van der Waals surface area contributed by atoms with Crippen LogP contribution >= 0.6 is 0 Å². The fraction of sp³-hybridized carbons (Fsp3) is 0.949. The number of hydrogen-bond donors (Lipinski definition) is 0. The summed E-state index contributed by atoms with van der Waals surface area (Å²) in [6, 6.07) is 0. The van der Waals surface area contributed by atoms with Crippen molar-refractivity contribution < 1.29 is 0 Å². The lowest BCUT2D eigenvalue weighted by molar-refractivity contribution is 0.135. The van der Waals surface area contributed by atoms with Crippen LogP contribution in [0.25, 0.3) is 0 Å². The van der Waals surface area contributed by atoms with Crippen LogP contribution in [0.15, 0.2) is 12.4 Å². The molecule has 0 amide bonds. The van der Waals surface area contributed by atoms with Crippen molar-refractivity contribution in [2.45, 2.75) is 226 Å². The highest BCUT2D eigenvalue weighted by atomic mass is 15.4. The minimum absolute atomic E-state index is 0.640. The van der Waals surface area contributed by atoms with Crippen molar-refractivity contribution in [1.82, 2.24) is 9.80 Å². The topological polar surface area (TPSA) is 6.48 Å². The van der Waals surface area contributed by atoms with Crippen molar-refractivity contribution in [3.05, 3.63) is 12.4 Å². The normalized spacial score (nSPS) is 15.0. The van der Waals surface area contributed by atoms with E-state index in [1.807, 2.05) is 0 Å². The van der Waals surface area contributed by atoms with E-state index < -0.39 is 0 Å². The zero-order valence-corrected chi connectivity index (χ0v) is 29.0. The van der Waals surface area contributed by atoms with Crippen LogP contribution in [0.2, 0.25) is 0 Å². The van der Waals surface area contributed by atoms with E-state index >= 15 is 0 Å². The molecule has 0 aromatic carbocycles. The first-order valence-corrected chi connectivity index (χ1v) is 19.5. The third kappa shape index (κ3) is 23.5. The first kappa shape index (κ1) is 38.4. The lowest BCUT2D eigenvalue weighted by Crippen LogP contribution is -2.39. The van der Waals surface area contributed by atoms with E-state index in [1.54, 1.807) is 0 Å². The van der Waals surface area contributed by atoms with E-state index in [-0.39, 0.29) is 0 Å². The predicted octanol–water partition coefficient (Wildman–Crippen LogP) is 13.6. The molecular formula is C39H78N2. The Morgan fingerprint density at radius 3 is 0.854 bits per heavy atom. The quantitative estimate of drug-likeness (QED) is 0.0719. The van der Waals surface area contributed by atoms with E-state index in [4.69, 9.17) is 0 Å². The van der Waals surface area contributed by atoms with Gasteiger partial charge in [0.05, 0.1) is 0 Å². The standard InChI is InChI=1S/C39H78N2/c1-4-7-10-13-16-18-19-20-21-22-23-24-26-28-31-34-39-40(35-32-29-15-12-9-6-3)37-38-41(39)36-33-30-27-25-17-14-11-8-5-2/h37-39H,4-36H2,1-3H3. The molecule has 41 heavy (non-hydrogen) atoms. The average Bonchev–Trinajstić information content (AvgIpc) is 3.37. The van der Waals surface area contributed by atoms with Gasteiger partial charge in [0, 0.05) is 25.5 Å². The van der Waals surface area contributed by atoms with Gasteiger partial charge in [-0.1, -0.05) is 194 Å². The fourth-order valence-electron chi connectivity index (χ4n) is 6.72. The molecule has 0 N–H and O–H groups in total. The lowest BCUT2D eigenvalue weighted by atomic mass is 10.0. The monoisotopic (exact) mass is 575 g/mol. The number of rotatable bonds is 33. The Morgan fingerprint density at radius 2 is 0.561 bits per heavy atom. The molecule has 2 heteroatoms. The molecule has 244 valence electrons. The SMILES string of the molecule is CCCCCCCCCCCCCCCCCC1N(CCCCCCCC)C=CN1CCCCCCCCCCC. The summed E-state index contributed by atoms with van der Waals surface area (Å²) in [5.41, 5.74) is 0. The van der Waals surface area contributed by atoms with Gasteiger partial charge in [-0.2, -0.15) is 0 Å². The summed E-state index contributed by atoms with van der Waals surface area (Å²) in [6.07, 6.45) is 49.9. The van der Waals surface area contributed by atoms with E-state index in [0.717, 1.165) is 0 Å². The molecular weight excluding hydrogens is 496 g/mol. The van der Waals surface area contributed by atoms with Gasteiger partial charge in [0.1, 0.15) is 6.17 Å². The van der Waals surface area contributed by atoms with E-state index in [0.29, 0.717) is 6.17 Å². The first-order valence-electron chi connectivity index (χ1n) is 19.5. The molecule has 0 radical (unpaired) electrons. The minimum Gasteiger partial charge on any atom is -0.356 e. The van der Waals surface area contributed by atoms with E-state index in [2.05, 4.69) is 43.0 Å². The first-order chi connectivity index (χ1) is 20.3. The van der Waals surface area contributed by atoms with Crippen molar-refractivity contribution >= 4 is 0 Å². The molecule has 0 aromatic rings. The van der Waals surface area contributed by atoms with Gasteiger partial charge < -0.3 is 9.80 Å². The van der Waals surface area contributed by atoms with E-state index in [9.17, 15) is 0 Å². The number of hydrogen-bond acceptors (Lipinski definition) is 2. The highest BCUT2D eigenvalue weighted by molar-refractivity contribution is 4.97. The second kappa shape index (κ2) is 30.8. The maximum atomic E-state index is 2.71. The van der Waals surface area contributed by atoms with E-state index in [1.165, 1.54) is 212 Å². The fourth-order valence-corrected chi connectivity index (χ4v) is 6.72. The molecule has 0 saturated carbocycles. The van der Waals surface area contributed by atoms with Crippen molar-refractivity contribution in [1.29, 1.82) is 0 Å². The maximum absolute atomic E-state index is 2.71. The molecule has 1 atom stereocenters. The summed E-state index contributed by atoms with van der Waals surface area (Å²) in [7, 11) is 0. The van der Waals surface area contributed by atoms with Crippen LogP contribution in [0.5, 0.6) is 0 Å². The molecule has 0 aliphatic carbocycles. The molecule has 1 rings (SSSR count). The van der Waals surface area contributed by atoms with Crippen molar-refractivity contribution in [2.24, 2.45) is 0 Å². The van der Waals surface area contributed by atoms with Crippen LogP contribution in [0.4, 0.5) is 0 Å². The Labute approximate surface area is 260 Å². The minimum atomic E-state index is 0.640. The van der Waals surface area contributed by atoms with Gasteiger partial charge in [0.15, 0.2) is 0 Å². The molecule has 0 fully saturated rings. The smallest absolute Gasteiger partial charge is 0.101 e. The lowest BCUT2D eigenvalue weighted by Gasteiger charge is -2.33. The summed E-state index contributed by atoms with van der Waals surface area (Å²) in [4.78, 5) is 5.42. The molecule has 1 heterocycles. The molecule has 0 spiro atoms. The van der Waals surface area contributed by atoms with Gasteiger partial charge in [-0.05, 0) is 25.7 Å². The Bertz CT molecular complexity index is 530. The van der Waals surface area contributed by atoms with Gasteiger partial charge in [0.2, 0.25) is 0 Å². The average molecular weight is 575 g/mol. The van der Waals surface area contributed by atoms with Crippen LogP contribution in [-0.2, 0) is 0 Å². The maximum Gasteiger partial charge on any atom is 0.101 e. The number of unbranched alkanes of at least 4 members (excludes halogenated alkanes) is 27. The second-order valence-corrected chi connectivity index (χ2v) is 13.6. The predicted molar refractivity (Wildman–Crippen MR) is 186 cm³/mol. The zero-order valence-electron chi connectivity index (χ0n) is 29.0. The molecule has 1 aliphatic rings. The third-order valence-corrected chi connectivity index (χ3v) is 9.57. The van der Waals surface area contributed by atoms with Gasteiger partial charge in [-0.3, -0.25) is 0 Å². The summed E-state index contributed by atoms with van der Waals surface area (Å²) in [5, 5.41) is 0. The van der Waals surface area contributed by atoms with Crippen LogP contribution < -0.4 is 0 Å². The van der Waals surface area contributed by atoms with Gasteiger partial charge in [-0.15, -0.1) is 0 Å². The van der Waals surface area contributed by atoms with Crippen molar-refractivity contribution in [2.75, 3.05) is 13.1 Å². The Kier molecular flexibility index (Phi) is 28.8. The Morgan fingerprint density at radius 1 is 0.317 bits per heavy atom. The third-order valence-electron chi connectivity index (χ3n) is 9.57. The van der Waals surface area contributed by atoms with Gasteiger partial charge in [0.25, 0.3) is 0 Å². The van der Waals surface area contributed by atoms with Gasteiger partial charge >= 0.3 is 0 Å². The molecule has 0 bridgehead atoms. The van der Waals surface area contributed by atoms with Gasteiger partial charge in [-0.25, -0.2) is 0 Å². The Hall–Kier alpha value is -0.660. The summed E-state index contributed by atoms with van der Waals surface area (Å²) < 4.78 is 0. The van der Waals surface area contributed by atoms with Crippen molar-refractivity contribution in [3.8, 4) is 0 Å². The van der Waals surface area contributed by atoms with Crippen LogP contribution in [0, 0.1) is 0 Å². The van der Waals surface area contributed by atoms with Crippen LogP contribution in [-0.4, -0.2) is 29.1 Å². The molecule has 1 unspecified atom stereocenters. The molecule has 1 aliphatic heterocycles.